The van der Waals surface area contributed by atoms with Crippen LogP contribution in [-0.4, -0.2) is 18.6 Å². The zero-order chi connectivity index (χ0) is 9.47. The number of hydrogen-bond acceptors (Lipinski definition) is 3. The minimum absolute atomic E-state index is 0.122. The van der Waals surface area contributed by atoms with E-state index in [2.05, 4.69) is 0 Å². The molecule has 13 heavy (non-hydrogen) atoms. The third kappa shape index (κ3) is 1.26. The SMILES string of the molecule is CCOC(=O)C(N)C12CCC(C1)C2. The number of ether oxygens (including phenoxy) is 1. The molecular formula is C10H17NO2. The summed E-state index contributed by atoms with van der Waals surface area (Å²) >= 11 is 0. The van der Waals surface area contributed by atoms with Crippen LogP contribution in [0.4, 0.5) is 0 Å². The summed E-state index contributed by atoms with van der Waals surface area (Å²) in [6.07, 6.45) is 4.67. The van der Waals surface area contributed by atoms with Crippen LogP contribution < -0.4 is 5.73 Å². The molecule has 1 unspecified atom stereocenters. The van der Waals surface area contributed by atoms with E-state index in [1.54, 1.807) is 0 Å². The molecule has 0 saturated heterocycles. The third-order valence-electron chi connectivity index (χ3n) is 3.64. The number of hydrogen-bond donors (Lipinski definition) is 1. The predicted molar refractivity (Wildman–Crippen MR) is 49.0 cm³/mol. The monoisotopic (exact) mass is 183 g/mol. The molecule has 2 N–H and O–H groups in total. The average Bonchev–Trinajstić information content (AvgIpc) is 2.60. The van der Waals surface area contributed by atoms with Gasteiger partial charge in [-0.25, -0.2) is 0 Å². The Hall–Kier alpha value is -0.570. The second kappa shape index (κ2) is 2.98. The first kappa shape index (κ1) is 9.00. The fraction of sp³-hybridized carbons (Fsp3) is 0.900. The molecule has 3 nitrogen and oxygen atoms in total. The molecule has 1 atom stereocenters. The molecule has 0 aromatic rings. The largest absolute Gasteiger partial charge is 0.465 e. The van der Waals surface area contributed by atoms with Crippen LogP contribution in [0.2, 0.25) is 0 Å². The smallest absolute Gasteiger partial charge is 0.323 e. The topological polar surface area (TPSA) is 52.3 Å². The van der Waals surface area contributed by atoms with Gasteiger partial charge in [0.25, 0.3) is 0 Å². The highest BCUT2D eigenvalue weighted by atomic mass is 16.5. The van der Waals surface area contributed by atoms with Crippen molar-refractivity contribution in [3.8, 4) is 0 Å². The van der Waals surface area contributed by atoms with Gasteiger partial charge in [0.15, 0.2) is 0 Å². The summed E-state index contributed by atoms with van der Waals surface area (Å²) in [5, 5.41) is 0. The molecule has 0 amide bonds. The molecular weight excluding hydrogens is 166 g/mol. The van der Waals surface area contributed by atoms with Gasteiger partial charge in [-0.2, -0.15) is 0 Å². The van der Waals surface area contributed by atoms with Crippen LogP contribution in [0.3, 0.4) is 0 Å². The highest BCUT2D eigenvalue weighted by Crippen LogP contribution is 2.60. The predicted octanol–water partition coefficient (Wildman–Crippen LogP) is 1.07. The van der Waals surface area contributed by atoms with Gasteiger partial charge in [0.1, 0.15) is 6.04 Å². The molecule has 0 aromatic carbocycles. The summed E-state index contributed by atoms with van der Waals surface area (Å²) < 4.78 is 4.94. The third-order valence-corrected chi connectivity index (χ3v) is 3.64. The molecule has 0 spiro atoms. The molecule has 3 aliphatic carbocycles. The van der Waals surface area contributed by atoms with Crippen LogP contribution in [0.15, 0.2) is 0 Å². The van der Waals surface area contributed by atoms with E-state index in [-0.39, 0.29) is 17.4 Å². The van der Waals surface area contributed by atoms with Crippen molar-refractivity contribution in [2.45, 2.75) is 38.6 Å². The molecule has 3 saturated carbocycles. The van der Waals surface area contributed by atoms with E-state index in [0.29, 0.717) is 6.61 Å². The van der Waals surface area contributed by atoms with E-state index in [4.69, 9.17) is 10.5 Å². The van der Waals surface area contributed by atoms with Gasteiger partial charge in [-0.05, 0) is 43.9 Å². The number of fused-ring (bicyclic) bond motifs is 1. The first-order valence-electron chi connectivity index (χ1n) is 5.10. The summed E-state index contributed by atoms with van der Waals surface area (Å²) in [5.41, 5.74) is 6.03. The Kier molecular flexibility index (Phi) is 2.06. The second-order valence-electron chi connectivity index (χ2n) is 4.41. The highest BCUT2D eigenvalue weighted by molar-refractivity contribution is 5.77. The molecule has 0 radical (unpaired) electrons. The Morgan fingerprint density at radius 3 is 2.85 bits per heavy atom. The van der Waals surface area contributed by atoms with Crippen LogP contribution in [-0.2, 0) is 9.53 Å². The van der Waals surface area contributed by atoms with Crippen molar-refractivity contribution in [1.82, 2.24) is 0 Å². The number of esters is 1. The van der Waals surface area contributed by atoms with Crippen LogP contribution >= 0.6 is 0 Å². The van der Waals surface area contributed by atoms with Crippen LogP contribution in [0.1, 0.15) is 32.6 Å². The molecule has 0 aromatic heterocycles. The van der Waals surface area contributed by atoms with Crippen molar-refractivity contribution in [2.24, 2.45) is 17.1 Å². The highest BCUT2D eigenvalue weighted by Gasteiger charge is 2.55. The lowest BCUT2D eigenvalue weighted by Gasteiger charge is -2.41. The first-order valence-corrected chi connectivity index (χ1v) is 5.10. The molecule has 2 bridgehead atoms. The van der Waals surface area contributed by atoms with Crippen LogP contribution in [0.5, 0.6) is 0 Å². The molecule has 0 heterocycles. The number of carbonyl (C=O) groups excluding carboxylic acids is 1. The number of carbonyl (C=O) groups is 1. The Morgan fingerprint density at radius 1 is 1.69 bits per heavy atom. The number of rotatable bonds is 3. The fourth-order valence-corrected chi connectivity index (χ4v) is 2.88. The van der Waals surface area contributed by atoms with E-state index >= 15 is 0 Å². The lowest BCUT2D eigenvalue weighted by atomic mass is 9.65. The standard InChI is InChI=1S/C10H17NO2/c1-2-13-9(12)8(11)10-4-3-7(5-10)6-10/h7-8H,2-6,11H2,1H3. The average molecular weight is 183 g/mol. The normalized spacial score (nSPS) is 38.2. The van der Waals surface area contributed by atoms with Gasteiger partial charge < -0.3 is 10.5 Å². The zero-order valence-electron chi connectivity index (χ0n) is 8.08. The van der Waals surface area contributed by atoms with Crippen LogP contribution in [0.25, 0.3) is 0 Å². The van der Waals surface area contributed by atoms with Gasteiger partial charge in [0, 0.05) is 0 Å². The molecule has 3 fully saturated rings. The quantitative estimate of drug-likeness (QED) is 0.666. The van der Waals surface area contributed by atoms with Gasteiger partial charge in [0.2, 0.25) is 0 Å². The Morgan fingerprint density at radius 2 is 2.38 bits per heavy atom. The van der Waals surface area contributed by atoms with E-state index in [1.807, 2.05) is 6.92 Å². The van der Waals surface area contributed by atoms with E-state index < -0.39 is 0 Å². The first-order chi connectivity index (χ1) is 6.18. The number of nitrogens with two attached hydrogens (primary N) is 1. The van der Waals surface area contributed by atoms with Crippen molar-refractivity contribution >= 4 is 5.97 Å². The summed E-state index contributed by atoms with van der Waals surface area (Å²) in [7, 11) is 0. The van der Waals surface area contributed by atoms with Gasteiger partial charge in [-0.15, -0.1) is 0 Å². The molecule has 3 rings (SSSR count). The Labute approximate surface area is 78.6 Å². The summed E-state index contributed by atoms with van der Waals surface area (Å²) in [4.78, 5) is 11.4. The Bertz CT molecular complexity index is 215. The molecule has 3 aliphatic rings. The second-order valence-corrected chi connectivity index (χ2v) is 4.41. The maximum Gasteiger partial charge on any atom is 0.323 e. The Balaban J connectivity index is 1.96. The minimum Gasteiger partial charge on any atom is -0.465 e. The zero-order valence-corrected chi connectivity index (χ0v) is 8.08. The van der Waals surface area contributed by atoms with Crippen molar-refractivity contribution in [2.75, 3.05) is 6.61 Å². The molecule has 3 heteroatoms. The van der Waals surface area contributed by atoms with E-state index in [1.165, 1.54) is 6.42 Å². The van der Waals surface area contributed by atoms with Crippen molar-refractivity contribution in [1.29, 1.82) is 0 Å². The van der Waals surface area contributed by atoms with E-state index in [0.717, 1.165) is 25.2 Å². The van der Waals surface area contributed by atoms with E-state index in [9.17, 15) is 4.79 Å². The van der Waals surface area contributed by atoms with Crippen molar-refractivity contribution in [3.05, 3.63) is 0 Å². The minimum atomic E-state index is -0.369. The summed E-state index contributed by atoms with van der Waals surface area (Å²) in [5.74, 6) is 0.642. The van der Waals surface area contributed by atoms with Gasteiger partial charge in [-0.1, -0.05) is 0 Å². The van der Waals surface area contributed by atoms with Gasteiger partial charge in [0.05, 0.1) is 6.61 Å². The maximum absolute atomic E-state index is 11.4. The maximum atomic E-state index is 11.4. The molecule has 74 valence electrons. The fourth-order valence-electron chi connectivity index (χ4n) is 2.88. The van der Waals surface area contributed by atoms with Gasteiger partial charge in [-0.3, -0.25) is 4.79 Å². The lowest BCUT2D eigenvalue weighted by Crippen LogP contribution is -2.50. The summed E-state index contributed by atoms with van der Waals surface area (Å²) in [6.45, 7) is 2.26. The van der Waals surface area contributed by atoms with Gasteiger partial charge >= 0.3 is 5.97 Å². The van der Waals surface area contributed by atoms with Crippen LogP contribution in [0, 0.1) is 11.3 Å². The van der Waals surface area contributed by atoms with Crippen molar-refractivity contribution in [3.63, 3.8) is 0 Å². The summed E-state index contributed by atoms with van der Waals surface area (Å²) in [6, 6.07) is -0.369. The molecule has 0 aliphatic heterocycles. The van der Waals surface area contributed by atoms with Crippen molar-refractivity contribution < 1.29 is 9.53 Å². The lowest BCUT2D eigenvalue weighted by molar-refractivity contribution is -0.149.